The zero-order chi connectivity index (χ0) is 9.10. The molecule has 1 aromatic rings. The Kier molecular flexibility index (Phi) is 2.89. The van der Waals surface area contributed by atoms with E-state index < -0.39 is 0 Å². The summed E-state index contributed by atoms with van der Waals surface area (Å²) >= 11 is 1.82. The summed E-state index contributed by atoms with van der Waals surface area (Å²) in [5.74, 6) is 0.912. The Morgan fingerprint density at radius 3 is 2.69 bits per heavy atom. The fraction of sp³-hybridized carbons (Fsp3) is 0.636. The molecule has 0 aromatic carbocycles. The third kappa shape index (κ3) is 2.25. The minimum atomic E-state index is 0.912. The van der Waals surface area contributed by atoms with Crippen LogP contribution in [-0.4, -0.2) is 0 Å². The molecule has 0 unspecified atom stereocenters. The molecule has 13 heavy (non-hydrogen) atoms. The van der Waals surface area contributed by atoms with Crippen LogP contribution in [0.3, 0.4) is 0 Å². The van der Waals surface area contributed by atoms with Crippen LogP contribution >= 0.6 is 11.3 Å². The average molecular weight is 195 g/mol. The quantitative estimate of drug-likeness (QED) is 0.768. The van der Waals surface area contributed by atoms with Crippen LogP contribution in [0.15, 0.2) is 11.4 Å². The Bertz CT molecular complexity index is 261. The van der Waals surface area contributed by atoms with Gasteiger partial charge in [-0.3, -0.25) is 0 Å². The number of rotatable bonds is 2. The van der Waals surface area contributed by atoms with Crippen molar-refractivity contribution in [1.29, 1.82) is 0 Å². The number of nitrogen functional groups attached to an aromatic ring is 1. The second-order valence-corrected chi connectivity index (χ2v) is 5.01. The first kappa shape index (κ1) is 9.07. The van der Waals surface area contributed by atoms with E-state index in [1.165, 1.54) is 43.4 Å². The van der Waals surface area contributed by atoms with Crippen molar-refractivity contribution >= 4 is 17.0 Å². The zero-order valence-corrected chi connectivity index (χ0v) is 8.78. The van der Waals surface area contributed by atoms with Crippen molar-refractivity contribution in [2.75, 3.05) is 5.73 Å². The van der Waals surface area contributed by atoms with E-state index >= 15 is 0 Å². The van der Waals surface area contributed by atoms with Crippen molar-refractivity contribution in [3.8, 4) is 0 Å². The van der Waals surface area contributed by atoms with Crippen LogP contribution in [0.25, 0.3) is 0 Å². The highest BCUT2D eigenvalue weighted by molar-refractivity contribution is 7.10. The monoisotopic (exact) mass is 195 g/mol. The molecule has 1 heterocycles. The van der Waals surface area contributed by atoms with Gasteiger partial charge in [0.1, 0.15) is 0 Å². The second kappa shape index (κ2) is 4.14. The minimum absolute atomic E-state index is 0.912. The Hall–Kier alpha value is -0.500. The molecule has 1 fully saturated rings. The molecule has 1 aliphatic rings. The van der Waals surface area contributed by atoms with Gasteiger partial charge in [0.25, 0.3) is 0 Å². The molecule has 1 aromatic heterocycles. The molecule has 0 atom stereocenters. The van der Waals surface area contributed by atoms with Crippen molar-refractivity contribution in [3.05, 3.63) is 16.3 Å². The summed E-state index contributed by atoms with van der Waals surface area (Å²) in [4.78, 5) is 1.41. The van der Waals surface area contributed by atoms with Crippen LogP contribution < -0.4 is 5.73 Å². The first-order valence-electron chi connectivity index (χ1n) is 5.18. The summed E-state index contributed by atoms with van der Waals surface area (Å²) in [6, 6.07) is 2.03. The lowest BCUT2D eigenvalue weighted by molar-refractivity contribution is 0.358. The van der Waals surface area contributed by atoms with Crippen LogP contribution in [0.2, 0.25) is 0 Å². The van der Waals surface area contributed by atoms with Crippen molar-refractivity contribution in [3.63, 3.8) is 0 Å². The van der Waals surface area contributed by atoms with Crippen LogP contribution in [0, 0.1) is 5.92 Å². The van der Waals surface area contributed by atoms with E-state index in [2.05, 4.69) is 5.38 Å². The average Bonchev–Trinajstić information content (AvgIpc) is 2.54. The Morgan fingerprint density at radius 1 is 1.31 bits per heavy atom. The normalized spacial score (nSPS) is 19.1. The number of thiophene rings is 1. The standard InChI is InChI=1S/C11H17NS/c12-10-6-7-13-11(10)8-9-4-2-1-3-5-9/h6-7,9H,1-5,8,12H2. The first-order valence-corrected chi connectivity index (χ1v) is 6.06. The third-order valence-corrected chi connectivity index (χ3v) is 3.94. The molecular formula is C11H17NS. The van der Waals surface area contributed by atoms with E-state index in [9.17, 15) is 0 Å². The molecule has 0 saturated heterocycles. The molecule has 1 nitrogen and oxygen atoms in total. The maximum Gasteiger partial charge on any atom is 0.0455 e. The summed E-state index contributed by atoms with van der Waals surface area (Å²) < 4.78 is 0. The smallest absolute Gasteiger partial charge is 0.0455 e. The lowest BCUT2D eigenvalue weighted by Crippen LogP contribution is -2.09. The molecule has 2 heteroatoms. The highest BCUT2D eigenvalue weighted by Gasteiger charge is 2.15. The summed E-state index contributed by atoms with van der Waals surface area (Å²) in [5, 5.41) is 2.10. The molecular weight excluding hydrogens is 178 g/mol. The lowest BCUT2D eigenvalue weighted by Gasteiger charge is -2.20. The summed E-state index contributed by atoms with van der Waals surface area (Å²) in [6.45, 7) is 0. The fourth-order valence-electron chi connectivity index (χ4n) is 2.17. The van der Waals surface area contributed by atoms with E-state index in [-0.39, 0.29) is 0 Å². The van der Waals surface area contributed by atoms with Gasteiger partial charge in [-0.1, -0.05) is 32.1 Å². The van der Waals surface area contributed by atoms with Gasteiger partial charge >= 0.3 is 0 Å². The number of hydrogen-bond donors (Lipinski definition) is 1. The molecule has 72 valence electrons. The molecule has 1 saturated carbocycles. The maximum absolute atomic E-state index is 5.87. The molecule has 0 radical (unpaired) electrons. The summed E-state index contributed by atoms with van der Waals surface area (Å²) in [6.07, 6.45) is 8.35. The second-order valence-electron chi connectivity index (χ2n) is 4.01. The van der Waals surface area contributed by atoms with Crippen molar-refractivity contribution in [2.24, 2.45) is 5.92 Å². The zero-order valence-electron chi connectivity index (χ0n) is 7.96. The van der Waals surface area contributed by atoms with E-state index in [4.69, 9.17) is 5.73 Å². The third-order valence-electron chi connectivity index (χ3n) is 2.98. The summed E-state index contributed by atoms with van der Waals surface area (Å²) in [7, 11) is 0. The molecule has 2 rings (SSSR count). The predicted octanol–water partition coefficient (Wildman–Crippen LogP) is 3.45. The van der Waals surface area contributed by atoms with Gasteiger partial charge in [-0.25, -0.2) is 0 Å². The molecule has 2 N–H and O–H groups in total. The topological polar surface area (TPSA) is 26.0 Å². The molecule has 0 spiro atoms. The maximum atomic E-state index is 5.87. The van der Waals surface area contributed by atoms with Gasteiger partial charge < -0.3 is 5.73 Å². The van der Waals surface area contributed by atoms with Crippen LogP contribution in [0.4, 0.5) is 5.69 Å². The van der Waals surface area contributed by atoms with Crippen molar-refractivity contribution in [1.82, 2.24) is 0 Å². The van der Waals surface area contributed by atoms with Gasteiger partial charge in [0.15, 0.2) is 0 Å². The van der Waals surface area contributed by atoms with Crippen molar-refractivity contribution in [2.45, 2.75) is 38.5 Å². The van der Waals surface area contributed by atoms with Gasteiger partial charge in [0, 0.05) is 10.6 Å². The van der Waals surface area contributed by atoms with E-state index in [0.29, 0.717) is 0 Å². The fourth-order valence-corrected chi connectivity index (χ4v) is 3.08. The Labute approximate surface area is 84.0 Å². The predicted molar refractivity (Wildman–Crippen MR) is 59.0 cm³/mol. The van der Waals surface area contributed by atoms with Gasteiger partial charge in [-0.05, 0) is 23.8 Å². The minimum Gasteiger partial charge on any atom is -0.398 e. The van der Waals surface area contributed by atoms with Crippen LogP contribution in [-0.2, 0) is 6.42 Å². The van der Waals surface area contributed by atoms with Gasteiger partial charge in [0.05, 0.1) is 0 Å². The first-order chi connectivity index (χ1) is 6.36. The SMILES string of the molecule is Nc1ccsc1CC1CCCCC1. The highest BCUT2D eigenvalue weighted by Crippen LogP contribution is 2.30. The lowest BCUT2D eigenvalue weighted by atomic mass is 9.86. The number of nitrogens with two attached hydrogens (primary N) is 1. The largest absolute Gasteiger partial charge is 0.398 e. The molecule has 0 amide bonds. The Morgan fingerprint density at radius 2 is 2.08 bits per heavy atom. The van der Waals surface area contributed by atoms with E-state index in [1.807, 2.05) is 17.4 Å². The van der Waals surface area contributed by atoms with Crippen LogP contribution in [0.1, 0.15) is 37.0 Å². The number of hydrogen-bond acceptors (Lipinski definition) is 2. The molecule has 0 aliphatic heterocycles. The number of anilines is 1. The van der Waals surface area contributed by atoms with Gasteiger partial charge in [-0.15, -0.1) is 11.3 Å². The molecule has 1 aliphatic carbocycles. The van der Waals surface area contributed by atoms with Crippen LogP contribution in [0.5, 0.6) is 0 Å². The van der Waals surface area contributed by atoms with E-state index in [1.54, 1.807) is 0 Å². The van der Waals surface area contributed by atoms with Crippen molar-refractivity contribution < 1.29 is 0 Å². The van der Waals surface area contributed by atoms with Gasteiger partial charge in [0.2, 0.25) is 0 Å². The molecule has 0 bridgehead atoms. The Balaban J connectivity index is 1.93. The summed E-state index contributed by atoms with van der Waals surface area (Å²) in [5.41, 5.74) is 6.88. The van der Waals surface area contributed by atoms with Gasteiger partial charge in [-0.2, -0.15) is 0 Å². The highest BCUT2D eigenvalue weighted by atomic mass is 32.1. The van der Waals surface area contributed by atoms with E-state index in [0.717, 1.165) is 11.6 Å².